The number of para-hydroxylation sites is 1. The number of nitrogens with zero attached hydrogens (tertiary/aromatic N) is 1. The van der Waals surface area contributed by atoms with Crippen molar-refractivity contribution in [2.75, 3.05) is 6.61 Å². The molecule has 0 unspecified atom stereocenters. The lowest BCUT2D eigenvalue weighted by molar-refractivity contribution is -0.127. The highest BCUT2D eigenvalue weighted by Crippen LogP contribution is 2.28. The second kappa shape index (κ2) is 16.0. The lowest BCUT2D eigenvalue weighted by Crippen LogP contribution is -2.53. The van der Waals surface area contributed by atoms with Crippen LogP contribution >= 0.6 is 0 Å². The van der Waals surface area contributed by atoms with Gasteiger partial charge in [0.2, 0.25) is 11.8 Å². The molecule has 0 radical (unpaired) electrons. The molecule has 4 aromatic rings. The van der Waals surface area contributed by atoms with Crippen molar-refractivity contribution < 1.29 is 28.7 Å². The van der Waals surface area contributed by atoms with Gasteiger partial charge in [0, 0.05) is 5.39 Å². The summed E-state index contributed by atoms with van der Waals surface area (Å²) in [6.45, 7) is 4.16. The van der Waals surface area contributed by atoms with Gasteiger partial charge in [-0.15, -0.1) is 0 Å². The van der Waals surface area contributed by atoms with Gasteiger partial charge in [0.25, 0.3) is 5.91 Å². The second-order valence-electron chi connectivity index (χ2n) is 12.4. The number of fused-ring (bicyclic) bond motifs is 1. The fourth-order valence-corrected chi connectivity index (χ4v) is 5.66. The summed E-state index contributed by atoms with van der Waals surface area (Å²) in [6.07, 6.45) is -0.777. The van der Waals surface area contributed by atoms with E-state index in [9.17, 15) is 19.2 Å². The minimum absolute atomic E-state index is 0.0179. The van der Waals surface area contributed by atoms with Gasteiger partial charge in [-0.2, -0.15) is 0 Å². The number of primary amides is 1. The van der Waals surface area contributed by atoms with Crippen LogP contribution in [0, 0.1) is 5.92 Å². The van der Waals surface area contributed by atoms with Gasteiger partial charge in [-0.3, -0.25) is 14.4 Å². The van der Waals surface area contributed by atoms with E-state index >= 15 is 0 Å². The zero-order chi connectivity index (χ0) is 34.0. The minimum Gasteiger partial charge on any atom is -0.447 e. The number of pyridine rings is 1. The first kappa shape index (κ1) is 34.1. The number of ether oxygens (including phenoxy) is 2. The summed E-state index contributed by atoms with van der Waals surface area (Å²) in [5.74, 6) is -1.63. The number of alkyl carbamates (subject to hydrolysis) is 1. The van der Waals surface area contributed by atoms with E-state index in [4.69, 9.17) is 15.2 Å². The number of nitrogens with two attached hydrogens (primary N) is 1. The van der Waals surface area contributed by atoms with Crippen molar-refractivity contribution in [3.05, 3.63) is 114 Å². The van der Waals surface area contributed by atoms with Crippen molar-refractivity contribution in [2.45, 2.75) is 63.4 Å². The molecule has 0 aliphatic carbocycles. The van der Waals surface area contributed by atoms with Crippen LogP contribution in [0.3, 0.4) is 0 Å². The van der Waals surface area contributed by atoms with Crippen LogP contribution in [0.4, 0.5) is 4.79 Å². The Bertz CT molecular complexity index is 1720. The number of nitrogens with one attached hydrogen (secondary N) is 3. The Kier molecular flexibility index (Phi) is 11.4. The minimum atomic E-state index is -1.25. The number of aromatic nitrogens is 1. The molecule has 0 spiro atoms. The summed E-state index contributed by atoms with van der Waals surface area (Å²) in [5, 5.41) is 9.39. The van der Waals surface area contributed by atoms with Crippen LogP contribution in [-0.4, -0.2) is 59.7 Å². The zero-order valence-corrected chi connectivity index (χ0v) is 27.0. The summed E-state index contributed by atoms with van der Waals surface area (Å²) >= 11 is 0. The molecule has 48 heavy (non-hydrogen) atoms. The standard InChI is InChI=1S/C37H41N5O6/c1-23(2)19-29(25-13-7-4-8-14-25)42-37(46)47-22-32-34(48-32)30(20-24-11-5-3-6-12-24)40-36(45)31(21-33(38)43)41-35(44)28-18-17-26-15-9-10-16-27(26)39-28/h3-18,23,29-32,34H,19-22H2,1-2H3,(H2,38,43)(H,40,45)(H,41,44)(H,42,46)/t29-,30+,31+,32+,34-/m1/s1. The summed E-state index contributed by atoms with van der Waals surface area (Å²) in [4.78, 5) is 55.9. The van der Waals surface area contributed by atoms with E-state index in [1.807, 2.05) is 78.9 Å². The van der Waals surface area contributed by atoms with Crippen LogP contribution in [0.2, 0.25) is 0 Å². The lowest BCUT2D eigenvalue weighted by Gasteiger charge is -2.22. The maximum atomic E-state index is 13.6. The number of carbonyl (C=O) groups excluding carboxylic acids is 4. The van der Waals surface area contributed by atoms with Gasteiger partial charge in [0.1, 0.15) is 30.6 Å². The van der Waals surface area contributed by atoms with Gasteiger partial charge in [0.15, 0.2) is 0 Å². The first-order valence-corrected chi connectivity index (χ1v) is 16.1. The van der Waals surface area contributed by atoms with Crippen molar-refractivity contribution >= 4 is 34.7 Å². The Morgan fingerprint density at radius 1 is 0.854 bits per heavy atom. The third-order valence-corrected chi connectivity index (χ3v) is 8.08. The van der Waals surface area contributed by atoms with E-state index in [0.29, 0.717) is 17.9 Å². The Morgan fingerprint density at radius 3 is 2.25 bits per heavy atom. The maximum Gasteiger partial charge on any atom is 0.407 e. The molecular formula is C37H41N5O6. The van der Waals surface area contributed by atoms with Crippen LogP contribution in [0.15, 0.2) is 97.1 Å². The van der Waals surface area contributed by atoms with Gasteiger partial charge in [0.05, 0.1) is 24.0 Å². The van der Waals surface area contributed by atoms with Crippen molar-refractivity contribution in [1.29, 1.82) is 0 Å². The molecule has 4 amide bonds. The molecule has 5 atom stereocenters. The van der Waals surface area contributed by atoms with Gasteiger partial charge in [-0.1, -0.05) is 98.8 Å². The molecule has 0 bridgehead atoms. The SMILES string of the molecule is CC(C)C[C@@H](NC(=O)OC[C@@H]1O[C@@H]1[C@H](Cc1ccccc1)NC(=O)[C@H](CC(N)=O)NC(=O)c1ccc2ccccc2n1)c1ccccc1. The summed E-state index contributed by atoms with van der Waals surface area (Å²) in [5.41, 5.74) is 8.11. The van der Waals surface area contributed by atoms with Crippen molar-refractivity contribution in [3.8, 4) is 0 Å². The largest absolute Gasteiger partial charge is 0.447 e. The van der Waals surface area contributed by atoms with Crippen LogP contribution in [0.5, 0.6) is 0 Å². The molecule has 1 aromatic heterocycles. The average Bonchev–Trinajstić information content (AvgIpc) is 3.86. The maximum absolute atomic E-state index is 13.6. The predicted molar refractivity (Wildman–Crippen MR) is 181 cm³/mol. The number of amides is 4. The smallest absolute Gasteiger partial charge is 0.407 e. The van der Waals surface area contributed by atoms with Gasteiger partial charge in [-0.05, 0) is 42.0 Å². The normalized spacial score (nSPS) is 17.1. The van der Waals surface area contributed by atoms with Gasteiger partial charge >= 0.3 is 6.09 Å². The van der Waals surface area contributed by atoms with Crippen LogP contribution in [0.25, 0.3) is 10.9 Å². The molecule has 3 aromatic carbocycles. The highest BCUT2D eigenvalue weighted by atomic mass is 16.6. The molecule has 1 saturated heterocycles. The fraction of sp³-hybridized carbons (Fsp3) is 0.324. The Labute approximate surface area is 279 Å². The summed E-state index contributed by atoms with van der Waals surface area (Å²) in [7, 11) is 0. The van der Waals surface area contributed by atoms with E-state index in [1.54, 1.807) is 18.2 Å². The van der Waals surface area contributed by atoms with E-state index in [2.05, 4.69) is 34.8 Å². The second-order valence-corrected chi connectivity index (χ2v) is 12.4. The fourth-order valence-electron chi connectivity index (χ4n) is 5.66. The first-order chi connectivity index (χ1) is 23.2. The topological polar surface area (TPSA) is 165 Å². The molecule has 1 fully saturated rings. The number of benzene rings is 3. The summed E-state index contributed by atoms with van der Waals surface area (Å²) < 4.78 is 11.5. The van der Waals surface area contributed by atoms with E-state index in [-0.39, 0.29) is 18.3 Å². The molecule has 1 aliphatic rings. The molecule has 5 N–H and O–H groups in total. The predicted octanol–water partition coefficient (Wildman–Crippen LogP) is 4.22. The Balaban J connectivity index is 1.23. The quantitative estimate of drug-likeness (QED) is 0.140. The molecule has 5 rings (SSSR count). The van der Waals surface area contributed by atoms with Crippen LogP contribution < -0.4 is 21.7 Å². The lowest BCUT2D eigenvalue weighted by atomic mass is 9.97. The molecule has 0 saturated carbocycles. The number of hydrogen-bond acceptors (Lipinski definition) is 7. The number of rotatable bonds is 15. The molecule has 11 heteroatoms. The summed E-state index contributed by atoms with van der Waals surface area (Å²) in [6, 6.07) is 27.9. The molecule has 2 heterocycles. The van der Waals surface area contributed by atoms with E-state index in [0.717, 1.165) is 22.9 Å². The Hall–Kier alpha value is -5.29. The number of epoxide rings is 1. The van der Waals surface area contributed by atoms with E-state index in [1.165, 1.54) is 0 Å². The van der Waals surface area contributed by atoms with Crippen molar-refractivity contribution in [2.24, 2.45) is 11.7 Å². The van der Waals surface area contributed by atoms with Crippen LogP contribution in [0.1, 0.15) is 54.3 Å². The van der Waals surface area contributed by atoms with Gasteiger partial charge < -0.3 is 31.2 Å². The molecule has 1 aliphatic heterocycles. The first-order valence-electron chi connectivity index (χ1n) is 16.1. The highest BCUT2D eigenvalue weighted by molar-refractivity contribution is 5.99. The molecule has 250 valence electrons. The van der Waals surface area contributed by atoms with Crippen molar-refractivity contribution in [3.63, 3.8) is 0 Å². The monoisotopic (exact) mass is 651 g/mol. The third-order valence-electron chi connectivity index (χ3n) is 8.08. The van der Waals surface area contributed by atoms with Crippen molar-refractivity contribution in [1.82, 2.24) is 20.9 Å². The van der Waals surface area contributed by atoms with Gasteiger partial charge in [-0.25, -0.2) is 9.78 Å². The Morgan fingerprint density at radius 2 is 1.54 bits per heavy atom. The number of carbonyl (C=O) groups is 4. The third kappa shape index (κ3) is 9.62. The highest BCUT2D eigenvalue weighted by Gasteiger charge is 2.47. The van der Waals surface area contributed by atoms with E-state index < -0.39 is 54.5 Å². The van der Waals surface area contributed by atoms with Crippen LogP contribution in [-0.2, 0) is 25.5 Å². The number of hydrogen-bond donors (Lipinski definition) is 4. The average molecular weight is 652 g/mol. The zero-order valence-electron chi connectivity index (χ0n) is 27.0. The molecular weight excluding hydrogens is 610 g/mol. The molecule has 11 nitrogen and oxygen atoms in total.